The summed E-state index contributed by atoms with van der Waals surface area (Å²) < 4.78 is 0. The van der Waals surface area contributed by atoms with Gasteiger partial charge in [-0.2, -0.15) is 5.53 Å². The minimum atomic E-state index is 0.936. The van der Waals surface area contributed by atoms with Crippen molar-refractivity contribution < 1.29 is 0 Å². The fraction of sp³-hybridized carbons (Fsp3) is 0.250. The zero-order valence-corrected chi connectivity index (χ0v) is 6.70. The molecule has 0 atom stereocenters. The van der Waals surface area contributed by atoms with Gasteiger partial charge in [-0.05, 0) is 19.1 Å². The molecule has 1 N–H and O–H groups in total. The molecule has 1 aromatic carbocycles. The minimum Gasteiger partial charge on any atom is -0.251 e. The molecule has 3 heteroatoms. The second-order valence-electron chi connectivity index (χ2n) is 2.46. The van der Waals surface area contributed by atoms with Crippen molar-refractivity contribution >= 4 is 5.69 Å². The maximum atomic E-state index is 6.75. The Labute approximate surface area is 66.1 Å². The Bertz CT molecular complexity index is 240. The van der Waals surface area contributed by atoms with Crippen LogP contribution in [0.15, 0.2) is 29.5 Å². The van der Waals surface area contributed by atoms with Crippen molar-refractivity contribution in [3.05, 3.63) is 29.8 Å². The van der Waals surface area contributed by atoms with Gasteiger partial charge in [-0.1, -0.05) is 22.9 Å². The Morgan fingerprint density at radius 1 is 1.27 bits per heavy atom. The molecule has 1 rings (SSSR count). The SMILES string of the molecule is Cc1ccc(N(C)N=N)cc1. The molecule has 0 aliphatic rings. The van der Waals surface area contributed by atoms with Gasteiger partial charge in [0.15, 0.2) is 0 Å². The van der Waals surface area contributed by atoms with Crippen molar-refractivity contribution in [3.8, 4) is 0 Å². The van der Waals surface area contributed by atoms with Crippen molar-refractivity contribution in [2.75, 3.05) is 12.1 Å². The molecule has 0 saturated carbocycles. The summed E-state index contributed by atoms with van der Waals surface area (Å²) in [5.74, 6) is 0. The monoisotopic (exact) mass is 149 g/mol. The summed E-state index contributed by atoms with van der Waals surface area (Å²) in [6.45, 7) is 2.03. The summed E-state index contributed by atoms with van der Waals surface area (Å²) >= 11 is 0. The van der Waals surface area contributed by atoms with Crippen LogP contribution in [0.4, 0.5) is 5.69 Å². The Balaban J connectivity index is 2.89. The second kappa shape index (κ2) is 3.14. The number of nitrogens with one attached hydrogen (secondary N) is 1. The lowest BCUT2D eigenvalue weighted by Crippen LogP contribution is -2.05. The summed E-state index contributed by atoms with van der Waals surface area (Å²) in [4.78, 5) is 0. The first-order chi connectivity index (χ1) is 5.24. The van der Waals surface area contributed by atoms with Gasteiger partial charge in [0.1, 0.15) is 0 Å². The first-order valence-electron chi connectivity index (χ1n) is 3.42. The molecule has 3 nitrogen and oxygen atoms in total. The maximum Gasteiger partial charge on any atom is 0.0607 e. The molecular formula is C8H11N3. The average molecular weight is 149 g/mol. The van der Waals surface area contributed by atoms with Gasteiger partial charge >= 0.3 is 0 Å². The molecule has 0 fully saturated rings. The smallest absolute Gasteiger partial charge is 0.0607 e. The zero-order chi connectivity index (χ0) is 8.27. The first kappa shape index (κ1) is 7.72. The lowest BCUT2D eigenvalue weighted by molar-refractivity contribution is 0.878. The van der Waals surface area contributed by atoms with Crippen molar-refractivity contribution in [1.82, 2.24) is 0 Å². The first-order valence-corrected chi connectivity index (χ1v) is 3.42. The van der Waals surface area contributed by atoms with E-state index in [0.717, 1.165) is 5.69 Å². The van der Waals surface area contributed by atoms with Crippen molar-refractivity contribution in [2.24, 2.45) is 5.22 Å². The Morgan fingerprint density at radius 3 is 2.27 bits per heavy atom. The number of anilines is 1. The normalized spacial score (nSPS) is 9.27. The van der Waals surface area contributed by atoms with Crippen LogP contribution < -0.4 is 5.01 Å². The van der Waals surface area contributed by atoms with Crippen LogP contribution in [0.1, 0.15) is 5.56 Å². The standard InChI is InChI=1S/C8H11N3/c1-7-3-5-8(6-4-7)11(2)10-9/h3-6,9H,1-2H3. The molecule has 0 saturated heterocycles. The highest BCUT2D eigenvalue weighted by atomic mass is 15.5. The van der Waals surface area contributed by atoms with E-state index in [-0.39, 0.29) is 0 Å². The fourth-order valence-electron chi connectivity index (χ4n) is 0.818. The van der Waals surface area contributed by atoms with Crippen LogP contribution in [0, 0.1) is 12.5 Å². The Morgan fingerprint density at radius 2 is 1.82 bits per heavy atom. The van der Waals surface area contributed by atoms with Gasteiger partial charge in [0, 0.05) is 7.05 Å². The van der Waals surface area contributed by atoms with Crippen LogP contribution in [0.3, 0.4) is 0 Å². The van der Waals surface area contributed by atoms with Crippen LogP contribution in [-0.4, -0.2) is 7.05 Å². The van der Waals surface area contributed by atoms with E-state index in [2.05, 4.69) is 5.22 Å². The summed E-state index contributed by atoms with van der Waals surface area (Å²) in [6.07, 6.45) is 0. The van der Waals surface area contributed by atoms with Crippen molar-refractivity contribution in [1.29, 1.82) is 5.53 Å². The minimum absolute atomic E-state index is 0.936. The number of benzene rings is 1. The molecule has 0 amide bonds. The largest absolute Gasteiger partial charge is 0.251 e. The van der Waals surface area contributed by atoms with Gasteiger partial charge < -0.3 is 0 Å². The van der Waals surface area contributed by atoms with Crippen LogP contribution in [0.2, 0.25) is 0 Å². The molecule has 0 aliphatic carbocycles. The van der Waals surface area contributed by atoms with Crippen LogP contribution in [0.5, 0.6) is 0 Å². The van der Waals surface area contributed by atoms with E-state index in [1.54, 1.807) is 7.05 Å². The van der Waals surface area contributed by atoms with E-state index in [1.807, 2.05) is 31.2 Å². The number of aryl methyl sites for hydroxylation is 1. The van der Waals surface area contributed by atoms with Crippen molar-refractivity contribution in [3.63, 3.8) is 0 Å². The lowest BCUT2D eigenvalue weighted by atomic mass is 10.2. The maximum absolute atomic E-state index is 6.75. The highest BCUT2D eigenvalue weighted by Crippen LogP contribution is 2.12. The molecule has 0 spiro atoms. The molecule has 58 valence electrons. The van der Waals surface area contributed by atoms with Crippen LogP contribution in [0.25, 0.3) is 0 Å². The molecule has 0 bridgehead atoms. The van der Waals surface area contributed by atoms with Gasteiger partial charge in [-0.3, -0.25) is 5.01 Å². The van der Waals surface area contributed by atoms with Gasteiger partial charge in [-0.25, -0.2) is 0 Å². The molecule has 11 heavy (non-hydrogen) atoms. The fourth-order valence-corrected chi connectivity index (χ4v) is 0.818. The number of hydrogen-bond donors (Lipinski definition) is 1. The molecule has 0 aliphatic heterocycles. The van der Waals surface area contributed by atoms with Crippen LogP contribution >= 0.6 is 0 Å². The van der Waals surface area contributed by atoms with Crippen LogP contribution in [-0.2, 0) is 0 Å². The predicted molar refractivity (Wildman–Crippen MR) is 44.7 cm³/mol. The van der Waals surface area contributed by atoms with E-state index in [4.69, 9.17) is 5.53 Å². The van der Waals surface area contributed by atoms with Gasteiger partial charge in [-0.15, -0.1) is 0 Å². The molecule has 0 unspecified atom stereocenters. The van der Waals surface area contributed by atoms with E-state index in [9.17, 15) is 0 Å². The molecule has 0 aromatic heterocycles. The number of hydrogen-bond acceptors (Lipinski definition) is 2. The summed E-state index contributed by atoms with van der Waals surface area (Å²) in [5.41, 5.74) is 8.90. The molecular weight excluding hydrogens is 138 g/mol. The van der Waals surface area contributed by atoms with E-state index < -0.39 is 0 Å². The summed E-state index contributed by atoms with van der Waals surface area (Å²) in [7, 11) is 1.75. The molecule has 0 radical (unpaired) electrons. The zero-order valence-electron chi connectivity index (χ0n) is 6.70. The highest BCUT2D eigenvalue weighted by molar-refractivity contribution is 5.45. The molecule has 0 heterocycles. The predicted octanol–water partition coefficient (Wildman–Crippen LogP) is 2.38. The summed E-state index contributed by atoms with van der Waals surface area (Å²) in [6, 6.07) is 7.87. The van der Waals surface area contributed by atoms with Gasteiger partial charge in [0.25, 0.3) is 0 Å². The number of rotatable bonds is 2. The third-order valence-corrected chi connectivity index (χ3v) is 1.56. The van der Waals surface area contributed by atoms with Crippen molar-refractivity contribution in [2.45, 2.75) is 6.92 Å². The quantitative estimate of drug-likeness (QED) is 0.509. The Kier molecular flexibility index (Phi) is 2.21. The van der Waals surface area contributed by atoms with E-state index in [1.165, 1.54) is 10.6 Å². The lowest BCUT2D eigenvalue weighted by Gasteiger charge is -2.09. The highest BCUT2D eigenvalue weighted by Gasteiger charge is 1.95. The van der Waals surface area contributed by atoms with Gasteiger partial charge in [0.05, 0.1) is 5.69 Å². The third-order valence-electron chi connectivity index (χ3n) is 1.56. The summed E-state index contributed by atoms with van der Waals surface area (Å²) in [5, 5.41) is 4.79. The van der Waals surface area contributed by atoms with E-state index in [0.29, 0.717) is 0 Å². The topological polar surface area (TPSA) is 39.5 Å². The third kappa shape index (κ3) is 1.77. The average Bonchev–Trinajstić information content (AvgIpc) is 2.05. The number of nitrogens with zero attached hydrogens (tertiary/aromatic N) is 2. The Hall–Kier alpha value is -1.38. The second-order valence-corrected chi connectivity index (χ2v) is 2.46. The molecule has 1 aromatic rings. The van der Waals surface area contributed by atoms with E-state index >= 15 is 0 Å². The van der Waals surface area contributed by atoms with Gasteiger partial charge in [0.2, 0.25) is 0 Å².